The molecule has 1 heterocycles. The third-order valence-electron chi connectivity index (χ3n) is 12.1. The van der Waals surface area contributed by atoms with E-state index in [2.05, 4.69) is 13.8 Å². The van der Waals surface area contributed by atoms with Gasteiger partial charge in [0.2, 0.25) is 0 Å². The topological polar surface area (TPSA) is 178 Å². The molecule has 13 heteroatoms. The summed E-state index contributed by atoms with van der Waals surface area (Å²) in [6.07, 6.45) is 4.58. The van der Waals surface area contributed by atoms with Crippen molar-refractivity contribution in [2.75, 3.05) is 39.6 Å². The number of carboxylic acid groups (broad SMARTS) is 1. The Balaban J connectivity index is 1.47. The van der Waals surface area contributed by atoms with Gasteiger partial charge in [-0.3, -0.25) is 28.8 Å². The molecule has 10 atom stereocenters. The molecular weight excluding hydrogens is 664 g/mol. The Morgan fingerprint density at radius 2 is 1.51 bits per heavy atom. The van der Waals surface area contributed by atoms with Crippen LogP contribution in [0.25, 0.3) is 0 Å². The van der Waals surface area contributed by atoms with E-state index in [1.807, 2.05) is 0 Å². The quantitative estimate of drug-likeness (QED) is 0.214. The Bertz CT molecular complexity index is 1360. The molecular formula is C38H54O13. The molecule has 4 fully saturated rings. The van der Waals surface area contributed by atoms with E-state index in [1.54, 1.807) is 6.08 Å². The molecule has 284 valence electrons. The molecule has 4 aliphatic carbocycles. The van der Waals surface area contributed by atoms with Crippen molar-refractivity contribution in [2.45, 2.75) is 92.3 Å². The number of hydrogen-bond acceptors (Lipinski definition) is 12. The zero-order chi connectivity index (χ0) is 37.2. The number of ketones is 1. The number of carbonyl (C=O) groups is 6. The monoisotopic (exact) mass is 718 g/mol. The minimum Gasteiger partial charge on any atom is -0.481 e. The number of allylic oxidation sites excluding steroid dienone is 1. The van der Waals surface area contributed by atoms with Gasteiger partial charge in [0.25, 0.3) is 0 Å². The predicted octanol–water partition coefficient (Wildman–Crippen LogP) is 3.94. The second-order valence-corrected chi connectivity index (χ2v) is 16.1. The van der Waals surface area contributed by atoms with Gasteiger partial charge >= 0.3 is 29.8 Å². The average molecular weight is 719 g/mol. The number of esters is 4. The average Bonchev–Trinajstić information content (AvgIpc) is 3.03. The number of rotatable bonds is 13. The van der Waals surface area contributed by atoms with Crippen molar-refractivity contribution in [3.8, 4) is 0 Å². The minimum absolute atomic E-state index is 0.0206. The number of hydrogen-bond donors (Lipinski definition) is 1. The van der Waals surface area contributed by atoms with E-state index in [1.165, 1.54) is 27.7 Å². The fourth-order valence-electron chi connectivity index (χ4n) is 10.3. The third kappa shape index (κ3) is 8.19. The Hall–Kier alpha value is -3.32. The zero-order valence-corrected chi connectivity index (χ0v) is 30.7. The molecule has 2 bridgehead atoms. The highest BCUT2D eigenvalue weighted by molar-refractivity contribution is 5.97. The molecule has 0 radical (unpaired) electrons. The summed E-state index contributed by atoms with van der Waals surface area (Å²) in [5.41, 5.74) is -0.872. The van der Waals surface area contributed by atoms with E-state index in [0.29, 0.717) is 25.6 Å². The van der Waals surface area contributed by atoms with E-state index < -0.39 is 64.7 Å². The van der Waals surface area contributed by atoms with Crippen LogP contribution >= 0.6 is 0 Å². The van der Waals surface area contributed by atoms with Gasteiger partial charge in [-0.15, -0.1) is 0 Å². The van der Waals surface area contributed by atoms with Crippen LogP contribution in [0.5, 0.6) is 0 Å². The SMILES string of the molecule is CC(=O)OCC(COC(C)=O)(COC(C)=O)CO[C@@H]1C2COC[C@]3(C[C@H]1OC(C)=O)C1=CC(=O)C4C(CCC(CC(C)C)C4C(=O)O)C1CCC23. The first-order valence-electron chi connectivity index (χ1n) is 18.3. The lowest BCUT2D eigenvalue weighted by Crippen LogP contribution is -2.64. The highest BCUT2D eigenvalue weighted by atomic mass is 16.6. The maximum absolute atomic E-state index is 14.1. The van der Waals surface area contributed by atoms with E-state index >= 15 is 0 Å². The van der Waals surface area contributed by atoms with Crippen LogP contribution in [0.1, 0.15) is 80.1 Å². The number of carbonyl (C=O) groups excluding carboxylic acids is 5. The van der Waals surface area contributed by atoms with Gasteiger partial charge in [0, 0.05) is 44.9 Å². The molecule has 1 aliphatic heterocycles. The van der Waals surface area contributed by atoms with Crippen molar-refractivity contribution in [1.29, 1.82) is 0 Å². The molecule has 0 aromatic heterocycles. The van der Waals surface area contributed by atoms with Crippen LogP contribution in [-0.2, 0) is 57.2 Å². The molecule has 1 N–H and O–H groups in total. The van der Waals surface area contributed by atoms with Crippen LogP contribution in [-0.4, -0.2) is 92.6 Å². The van der Waals surface area contributed by atoms with Crippen LogP contribution < -0.4 is 0 Å². The van der Waals surface area contributed by atoms with Gasteiger partial charge in [-0.2, -0.15) is 0 Å². The fourth-order valence-corrected chi connectivity index (χ4v) is 10.3. The molecule has 0 aromatic carbocycles. The van der Waals surface area contributed by atoms with E-state index in [-0.39, 0.29) is 61.8 Å². The van der Waals surface area contributed by atoms with Crippen LogP contribution in [0.4, 0.5) is 0 Å². The van der Waals surface area contributed by atoms with Gasteiger partial charge in [0.05, 0.1) is 37.3 Å². The molecule has 5 aliphatic rings. The van der Waals surface area contributed by atoms with Gasteiger partial charge < -0.3 is 33.5 Å². The second-order valence-electron chi connectivity index (χ2n) is 16.1. The van der Waals surface area contributed by atoms with Gasteiger partial charge in [-0.25, -0.2) is 0 Å². The van der Waals surface area contributed by atoms with E-state index in [0.717, 1.165) is 37.7 Å². The van der Waals surface area contributed by atoms with Gasteiger partial charge in [-0.1, -0.05) is 19.4 Å². The Morgan fingerprint density at radius 3 is 2.06 bits per heavy atom. The summed E-state index contributed by atoms with van der Waals surface area (Å²) in [5, 5.41) is 10.4. The summed E-state index contributed by atoms with van der Waals surface area (Å²) in [6, 6.07) is 0. The first-order chi connectivity index (χ1) is 24.1. The lowest BCUT2D eigenvalue weighted by molar-refractivity contribution is -0.234. The number of carboxylic acids is 1. The molecule has 51 heavy (non-hydrogen) atoms. The van der Waals surface area contributed by atoms with Crippen LogP contribution in [0, 0.1) is 58.2 Å². The minimum atomic E-state index is -1.26. The number of fused-ring (bicyclic) bond motifs is 3. The molecule has 3 saturated carbocycles. The fraction of sp³-hybridized carbons (Fsp3) is 0.789. The van der Waals surface area contributed by atoms with Crippen LogP contribution in [0.2, 0.25) is 0 Å². The molecule has 0 spiro atoms. The molecule has 0 amide bonds. The Kier molecular flexibility index (Phi) is 12.0. The molecule has 1 saturated heterocycles. The second kappa shape index (κ2) is 15.7. The first-order valence-corrected chi connectivity index (χ1v) is 18.3. The molecule has 0 aromatic rings. The molecule has 5 rings (SSSR count). The van der Waals surface area contributed by atoms with Crippen LogP contribution in [0.3, 0.4) is 0 Å². The highest BCUT2D eigenvalue weighted by Gasteiger charge is 2.64. The van der Waals surface area contributed by atoms with Gasteiger partial charge in [-0.05, 0) is 74.2 Å². The number of ether oxygens (including phenoxy) is 6. The predicted molar refractivity (Wildman–Crippen MR) is 179 cm³/mol. The van der Waals surface area contributed by atoms with E-state index in [9.17, 15) is 33.9 Å². The summed E-state index contributed by atoms with van der Waals surface area (Å²) in [6.45, 7) is 8.92. The Labute approximate surface area is 299 Å². The maximum Gasteiger partial charge on any atom is 0.307 e. The largest absolute Gasteiger partial charge is 0.481 e. The zero-order valence-electron chi connectivity index (χ0n) is 30.7. The van der Waals surface area contributed by atoms with Crippen molar-refractivity contribution >= 4 is 35.6 Å². The molecule has 13 nitrogen and oxygen atoms in total. The summed E-state index contributed by atoms with van der Waals surface area (Å²) in [7, 11) is 0. The van der Waals surface area contributed by atoms with Gasteiger partial charge in [0.1, 0.15) is 25.9 Å². The van der Waals surface area contributed by atoms with Crippen molar-refractivity contribution in [3.63, 3.8) is 0 Å². The summed E-state index contributed by atoms with van der Waals surface area (Å²) in [4.78, 5) is 75.0. The summed E-state index contributed by atoms with van der Waals surface area (Å²) < 4.78 is 35.0. The van der Waals surface area contributed by atoms with Gasteiger partial charge in [0.15, 0.2) is 5.78 Å². The third-order valence-corrected chi connectivity index (χ3v) is 12.1. The number of aliphatic carboxylic acids is 1. The normalized spacial score (nSPS) is 34.2. The first kappa shape index (κ1) is 38.9. The maximum atomic E-state index is 14.1. The smallest absolute Gasteiger partial charge is 0.307 e. The lowest BCUT2D eigenvalue weighted by Gasteiger charge is -2.63. The van der Waals surface area contributed by atoms with Crippen molar-refractivity contribution < 1.29 is 62.3 Å². The van der Waals surface area contributed by atoms with Crippen molar-refractivity contribution in [3.05, 3.63) is 11.6 Å². The van der Waals surface area contributed by atoms with Crippen molar-refractivity contribution in [2.24, 2.45) is 58.2 Å². The summed E-state index contributed by atoms with van der Waals surface area (Å²) >= 11 is 0. The highest BCUT2D eigenvalue weighted by Crippen LogP contribution is 2.64. The van der Waals surface area contributed by atoms with Crippen molar-refractivity contribution in [1.82, 2.24) is 0 Å². The van der Waals surface area contributed by atoms with Crippen LogP contribution in [0.15, 0.2) is 11.6 Å². The van der Waals surface area contributed by atoms with E-state index in [4.69, 9.17) is 28.4 Å². The standard InChI is InChI=1S/C38H54O13/c1-20(2)11-25-7-8-27-26-9-10-29-28-14-46-19-38(29,30(26)12-31(43)34(27)33(25)36(44)45)13-32(51-24(6)42)35(28)50-18-37(15-47-21(3)39,16-48-22(4)40)17-49-23(5)41/h12,20,25-29,32-35H,7-11,13-19H2,1-6H3,(H,44,45)/t25?,26?,27?,28?,29?,32-,33?,34?,35-,38+/m1/s1. The lowest BCUT2D eigenvalue weighted by atomic mass is 9.45. The summed E-state index contributed by atoms with van der Waals surface area (Å²) in [5.74, 6) is -4.55. The molecule has 7 unspecified atom stereocenters. The Morgan fingerprint density at radius 1 is 0.882 bits per heavy atom.